The molecule has 1 fully saturated rings. The maximum Gasteiger partial charge on any atom is 0.252 e. The van der Waals surface area contributed by atoms with E-state index in [1.807, 2.05) is 6.92 Å². The van der Waals surface area contributed by atoms with Gasteiger partial charge >= 0.3 is 0 Å². The number of thiophene rings is 1. The summed E-state index contributed by atoms with van der Waals surface area (Å²) in [6.07, 6.45) is 1.18. The third kappa shape index (κ3) is 4.20. The monoisotopic (exact) mass is 407 g/mol. The number of nitrogens with two attached hydrogens (primary N) is 1. The summed E-state index contributed by atoms with van der Waals surface area (Å²) in [6.45, 7) is 2.36. The van der Waals surface area contributed by atoms with Crippen LogP contribution in [-0.4, -0.2) is 37.6 Å². The number of nitrogens with zero attached hydrogens (tertiary/aromatic N) is 1. The number of hydrogen-bond acceptors (Lipinski definition) is 5. The summed E-state index contributed by atoms with van der Waals surface area (Å²) >= 11 is 1.22. The first-order valence-electron chi connectivity index (χ1n) is 8.55. The van der Waals surface area contributed by atoms with Crippen molar-refractivity contribution in [1.82, 2.24) is 4.31 Å². The predicted molar refractivity (Wildman–Crippen MR) is 104 cm³/mol. The Morgan fingerprint density at radius 2 is 1.96 bits per heavy atom. The summed E-state index contributed by atoms with van der Waals surface area (Å²) in [7, 11) is -3.60. The van der Waals surface area contributed by atoms with Crippen molar-refractivity contribution in [2.75, 3.05) is 18.4 Å². The smallest absolute Gasteiger partial charge is 0.252 e. The lowest BCUT2D eigenvalue weighted by molar-refractivity contribution is -0.120. The number of aryl methyl sites for hydroxylation is 1. The van der Waals surface area contributed by atoms with E-state index in [9.17, 15) is 18.0 Å². The fraction of sp³-hybridized carbons (Fsp3) is 0.333. The Kier molecular flexibility index (Phi) is 5.64. The second-order valence-corrected chi connectivity index (χ2v) is 9.92. The van der Waals surface area contributed by atoms with Crippen LogP contribution < -0.4 is 11.1 Å². The number of rotatable bonds is 5. The molecule has 0 radical (unpaired) electrons. The molecule has 9 heteroatoms. The maximum absolute atomic E-state index is 12.8. The number of carbonyl (C=O) groups excluding carboxylic acids is 2. The van der Waals surface area contributed by atoms with E-state index in [4.69, 9.17) is 5.73 Å². The Morgan fingerprint density at radius 3 is 2.63 bits per heavy atom. The highest BCUT2D eigenvalue weighted by atomic mass is 32.2. The molecule has 0 aliphatic carbocycles. The van der Waals surface area contributed by atoms with Crippen LogP contribution in [0.2, 0.25) is 0 Å². The first kappa shape index (κ1) is 19.5. The quantitative estimate of drug-likeness (QED) is 0.792. The topological polar surface area (TPSA) is 110 Å². The van der Waals surface area contributed by atoms with Crippen LogP contribution in [0.4, 0.5) is 5.69 Å². The van der Waals surface area contributed by atoms with E-state index in [1.165, 1.54) is 21.7 Å². The highest BCUT2D eigenvalue weighted by Gasteiger charge is 2.34. The normalized spacial score (nSPS) is 18.2. The molecule has 1 aromatic heterocycles. The van der Waals surface area contributed by atoms with Gasteiger partial charge < -0.3 is 11.1 Å². The van der Waals surface area contributed by atoms with E-state index in [1.54, 1.807) is 30.3 Å². The minimum atomic E-state index is -3.60. The number of para-hydroxylation sites is 1. The summed E-state index contributed by atoms with van der Waals surface area (Å²) in [4.78, 5) is 25.1. The lowest BCUT2D eigenvalue weighted by Crippen LogP contribution is -2.43. The number of amides is 2. The molecular formula is C18H21N3O4S2. The van der Waals surface area contributed by atoms with E-state index in [-0.39, 0.29) is 18.0 Å². The van der Waals surface area contributed by atoms with Crippen LogP contribution in [0.25, 0.3) is 0 Å². The Bertz CT molecular complexity index is 968. The van der Waals surface area contributed by atoms with Gasteiger partial charge in [0.05, 0.1) is 17.2 Å². The van der Waals surface area contributed by atoms with Gasteiger partial charge in [-0.3, -0.25) is 9.59 Å². The third-order valence-electron chi connectivity index (χ3n) is 4.52. The fourth-order valence-corrected chi connectivity index (χ4v) is 6.06. The van der Waals surface area contributed by atoms with Crippen molar-refractivity contribution >= 4 is 38.9 Å². The zero-order valence-corrected chi connectivity index (χ0v) is 16.5. The van der Waals surface area contributed by atoms with Crippen molar-refractivity contribution in [2.45, 2.75) is 24.0 Å². The molecule has 2 heterocycles. The fourth-order valence-electron chi connectivity index (χ4n) is 3.09. The molecule has 144 valence electrons. The van der Waals surface area contributed by atoms with Gasteiger partial charge in [0.25, 0.3) is 15.9 Å². The van der Waals surface area contributed by atoms with Gasteiger partial charge in [0.2, 0.25) is 5.91 Å². The van der Waals surface area contributed by atoms with Crippen molar-refractivity contribution in [3.63, 3.8) is 0 Å². The largest absolute Gasteiger partial charge is 0.366 e. The van der Waals surface area contributed by atoms with E-state index in [0.717, 1.165) is 4.88 Å². The highest BCUT2D eigenvalue weighted by Crippen LogP contribution is 2.29. The number of piperidine rings is 1. The second-order valence-electron chi connectivity index (χ2n) is 6.47. The molecule has 1 aliphatic rings. The van der Waals surface area contributed by atoms with Crippen LogP contribution in [0.15, 0.2) is 40.6 Å². The maximum atomic E-state index is 12.8. The summed E-state index contributed by atoms with van der Waals surface area (Å²) < 4.78 is 27.3. The zero-order valence-electron chi connectivity index (χ0n) is 14.8. The second kappa shape index (κ2) is 7.79. The van der Waals surface area contributed by atoms with Crippen LogP contribution in [0.1, 0.15) is 28.1 Å². The van der Waals surface area contributed by atoms with Gasteiger partial charge in [-0.1, -0.05) is 12.1 Å². The molecule has 27 heavy (non-hydrogen) atoms. The lowest BCUT2D eigenvalue weighted by atomic mass is 9.98. The molecule has 1 aliphatic heterocycles. The number of carbonyl (C=O) groups is 2. The number of anilines is 1. The minimum Gasteiger partial charge on any atom is -0.366 e. The van der Waals surface area contributed by atoms with Crippen LogP contribution >= 0.6 is 11.3 Å². The van der Waals surface area contributed by atoms with Crippen molar-refractivity contribution in [1.29, 1.82) is 0 Å². The number of nitrogens with one attached hydrogen (secondary N) is 1. The molecule has 2 aromatic rings. The Balaban J connectivity index is 1.75. The SMILES string of the molecule is Cc1ccc(S(=O)(=O)N2CCC[C@H](C(=O)Nc3ccccc3C(N)=O)C2)s1. The van der Waals surface area contributed by atoms with Crippen molar-refractivity contribution in [2.24, 2.45) is 11.7 Å². The van der Waals surface area contributed by atoms with Gasteiger partial charge in [-0.2, -0.15) is 4.31 Å². The average Bonchev–Trinajstić information content (AvgIpc) is 3.09. The lowest BCUT2D eigenvalue weighted by Gasteiger charge is -2.30. The number of hydrogen-bond donors (Lipinski definition) is 2. The highest BCUT2D eigenvalue weighted by molar-refractivity contribution is 7.91. The molecule has 0 spiro atoms. The average molecular weight is 408 g/mol. The van der Waals surface area contributed by atoms with Gasteiger partial charge in [-0.25, -0.2) is 8.42 Å². The molecule has 1 aromatic carbocycles. The first-order valence-corrected chi connectivity index (χ1v) is 10.8. The van der Waals surface area contributed by atoms with Crippen LogP contribution in [-0.2, 0) is 14.8 Å². The summed E-state index contributed by atoms with van der Waals surface area (Å²) in [5.41, 5.74) is 5.90. The molecule has 1 saturated heterocycles. The molecule has 0 unspecified atom stereocenters. The van der Waals surface area contributed by atoms with Gasteiger partial charge in [0, 0.05) is 18.0 Å². The number of sulfonamides is 1. The van der Waals surface area contributed by atoms with E-state index in [0.29, 0.717) is 29.3 Å². The summed E-state index contributed by atoms with van der Waals surface area (Å²) in [5, 5.41) is 2.72. The van der Waals surface area contributed by atoms with Crippen LogP contribution in [0, 0.1) is 12.8 Å². The first-order chi connectivity index (χ1) is 12.8. The molecule has 2 amide bonds. The third-order valence-corrected chi connectivity index (χ3v) is 7.85. The molecule has 3 rings (SSSR count). The molecule has 3 N–H and O–H groups in total. The van der Waals surface area contributed by atoms with E-state index < -0.39 is 21.8 Å². The molecule has 0 saturated carbocycles. The molecule has 0 bridgehead atoms. The Morgan fingerprint density at radius 1 is 1.22 bits per heavy atom. The van der Waals surface area contributed by atoms with Crippen LogP contribution in [0.3, 0.4) is 0 Å². The van der Waals surface area contributed by atoms with Crippen LogP contribution in [0.5, 0.6) is 0 Å². The van der Waals surface area contributed by atoms with Crippen molar-refractivity contribution in [3.05, 3.63) is 46.8 Å². The van der Waals surface area contributed by atoms with E-state index >= 15 is 0 Å². The summed E-state index contributed by atoms with van der Waals surface area (Å²) in [5.74, 6) is -1.44. The van der Waals surface area contributed by atoms with Crippen molar-refractivity contribution in [3.8, 4) is 0 Å². The molecule has 7 nitrogen and oxygen atoms in total. The summed E-state index contributed by atoms with van der Waals surface area (Å²) in [6, 6.07) is 9.86. The zero-order chi connectivity index (χ0) is 19.6. The van der Waals surface area contributed by atoms with Gasteiger partial charge in [0.1, 0.15) is 4.21 Å². The van der Waals surface area contributed by atoms with E-state index in [2.05, 4.69) is 5.32 Å². The van der Waals surface area contributed by atoms with Gasteiger partial charge in [0.15, 0.2) is 0 Å². The standard InChI is InChI=1S/C18H21N3O4S2/c1-12-8-9-16(26-12)27(24,25)21-10-4-5-13(11-21)18(23)20-15-7-3-2-6-14(15)17(19)22/h2-3,6-9,13H,4-5,10-11H2,1H3,(H2,19,22)(H,20,23)/t13-/m0/s1. The molecular weight excluding hydrogens is 386 g/mol. The van der Waals surface area contributed by atoms with Gasteiger partial charge in [-0.15, -0.1) is 11.3 Å². The minimum absolute atomic E-state index is 0.115. The predicted octanol–water partition coefficient (Wildman–Crippen LogP) is 2.19. The molecule has 1 atom stereocenters. The number of primary amides is 1. The van der Waals surface area contributed by atoms with Gasteiger partial charge in [-0.05, 0) is 44.0 Å². The number of benzene rings is 1. The Hall–Kier alpha value is -2.23. The van der Waals surface area contributed by atoms with Crippen molar-refractivity contribution < 1.29 is 18.0 Å². The Labute approximate surface area is 162 Å².